The molecule has 0 atom stereocenters. The molecule has 7 nitrogen and oxygen atoms in total. The number of carbonyl (C=O) groups is 1. The Balaban J connectivity index is 0.000000447. The van der Waals surface area contributed by atoms with Crippen molar-refractivity contribution in [1.29, 1.82) is 0 Å². The number of aromatic nitrogens is 3. The van der Waals surface area contributed by atoms with Crippen molar-refractivity contribution in [2.45, 2.75) is 20.3 Å². The minimum absolute atomic E-state index is 0.553. The molecule has 0 unspecified atom stereocenters. The Labute approximate surface area is 151 Å². The Morgan fingerprint density at radius 3 is 2.42 bits per heavy atom. The lowest BCUT2D eigenvalue weighted by molar-refractivity contribution is -0.134. The van der Waals surface area contributed by atoms with E-state index >= 15 is 0 Å². The number of anilines is 1. The summed E-state index contributed by atoms with van der Waals surface area (Å²) in [5.74, 6) is 1.39. The number of aryl methyl sites for hydroxylation is 1. The van der Waals surface area contributed by atoms with Gasteiger partial charge in [0.2, 0.25) is 11.8 Å². The first-order chi connectivity index (χ1) is 12.4. The summed E-state index contributed by atoms with van der Waals surface area (Å²) in [4.78, 5) is 15.8. The maximum Gasteiger partial charge on any atom is 0.300 e. The maximum absolute atomic E-state index is 9.00. The van der Waals surface area contributed by atoms with Crippen LogP contribution in [0, 0.1) is 6.92 Å². The number of nitrogens with zero attached hydrogens (tertiary/aromatic N) is 4. The van der Waals surface area contributed by atoms with Crippen LogP contribution in [-0.4, -0.2) is 39.8 Å². The summed E-state index contributed by atoms with van der Waals surface area (Å²) in [5.41, 5.74) is 4.53. The standard InChI is InChI=1S/C17H16N4O.C2H4O2/c1-11-19-20-17(22-11)13-5-3-12(4-6-13)15-9-14-7-8-21(2)16(14)18-10-15;1-2(3)4/h3-6,9-10H,7-8H2,1-2H3;1H3,(H,3,4). The smallest absolute Gasteiger partial charge is 0.300 e. The van der Waals surface area contributed by atoms with Crippen LogP contribution in [0.5, 0.6) is 0 Å². The number of fused-ring (bicyclic) bond motifs is 1. The van der Waals surface area contributed by atoms with Gasteiger partial charge in [0.15, 0.2) is 0 Å². The minimum atomic E-state index is -0.833. The van der Waals surface area contributed by atoms with Gasteiger partial charge < -0.3 is 14.4 Å². The van der Waals surface area contributed by atoms with E-state index in [0.29, 0.717) is 11.8 Å². The van der Waals surface area contributed by atoms with Crippen molar-refractivity contribution in [3.8, 4) is 22.6 Å². The molecule has 1 aliphatic rings. The first kappa shape index (κ1) is 17.6. The molecule has 4 rings (SSSR count). The van der Waals surface area contributed by atoms with Crippen LogP contribution < -0.4 is 4.90 Å². The molecule has 0 radical (unpaired) electrons. The largest absolute Gasteiger partial charge is 0.481 e. The number of carboxylic acid groups (broad SMARTS) is 1. The predicted molar refractivity (Wildman–Crippen MR) is 98.0 cm³/mol. The third-order valence-corrected chi connectivity index (χ3v) is 4.01. The van der Waals surface area contributed by atoms with E-state index in [9.17, 15) is 0 Å². The third-order valence-electron chi connectivity index (χ3n) is 4.01. The van der Waals surface area contributed by atoms with Crippen LogP contribution in [0.15, 0.2) is 40.9 Å². The Bertz CT molecular complexity index is 915. The van der Waals surface area contributed by atoms with E-state index in [1.54, 1.807) is 6.92 Å². The molecule has 3 aromatic rings. The van der Waals surface area contributed by atoms with Crippen molar-refractivity contribution in [2.75, 3.05) is 18.5 Å². The van der Waals surface area contributed by atoms with E-state index in [1.807, 2.05) is 18.3 Å². The molecular formula is C19H20N4O3. The summed E-state index contributed by atoms with van der Waals surface area (Å²) < 4.78 is 5.45. The molecule has 0 saturated heterocycles. The number of hydrogen-bond donors (Lipinski definition) is 1. The van der Waals surface area contributed by atoms with Crippen LogP contribution >= 0.6 is 0 Å². The first-order valence-corrected chi connectivity index (χ1v) is 8.24. The highest BCUT2D eigenvalue weighted by molar-refractivity contribution is 5.69. The quantitative estimate of drug-likeness (QED) is 0.757. The second-order valence-electron chi connectivity index (χ2n) is 6.10. The predicted octanol–water partition coefficient (Wildman–Crippen LogP) is 3.19. The monoisotopic (exact) mass is 352 g/mol. The highest BCUT2D eigenvalue weighted by Gasteiger charge is 2.17. The van der Waals surface area contributed by atoms with Crippen LogP contribution in [0.1, 0.15) is 18.4 Å². The summed E-state index contributed by atoms with van der Waals surface area (Å²) in [7, 11) is 2.08. The Hall–Kier alpha value is -3.22. The maximum atomic E-state index is 9.00. The molecule has 0 saturated carbocycles. The van der Waals surface area contributed by atoms with Gasteiger partial charge >= 0.3 is 0 Å². The number of likely N-dealkylation sites (N-methyl/N-ethyl adjacent to an activating group) is 1. The number of pyridine rings is 1. The van der Waals surface area contributed by atoms with Crippen molar-refractivity contribution in [2.24, 2.45) is 0 Å². The molecule has 134 valence electrons. The average molecular weight is 352 g/mol. The Morgan fingerprint density at radius 1 is 1.15 bits per heavy atom. The molecule has 0 aliphatic carbocycles. The topological polar surface area (TPSA) is 92.3 Å². The fourth-order valence-electron chi connectivity index (χ4n) is 2.80. The van der Waals surface area contributed by atoms with E-state index in [2.05, 4.69) is 45.3 Å². The normalized spacial score (nSPS) is 12.3. The van der Waals surface area contributed by atoms with Gasteiger partial charge in [0.05, 0.1) is 0 Å². The number of aliphatic carboxylic acids is 1. The Kier molecular flexibility index (Phi) is 4.97. The lowest BCUT2D eigenvalue weighted by atomic mass is 10.0. The summed E-state index contributed by atoms with van der Waals surface area (Å²) in [6.45, 7) is 3.92. The average Bonchev–Trinajstić information content (AvgIpc) is 3.21. The van der Waals surface area contributed by atoms with Crippen LogP contribution in [0.3, 0.4) is 0 Å². The molecule has 3 heterocycles. The lowest BCUT2D eigenvalue weighted by Crippen LogP contribution is -2.13. The van der Waals surface area contributed by atoms with E-state index in [1.165, 1.54) is 5.56 Å². The van der Waals surface area contributed by atoms with Crippen molar-refractivity contribution < 1.29 is 14.3 Å². The molecule has 1 N–H and O–H groups in total. The van der Waals surface area contributed by atoms with Gasteiger partial charge in [-0.15, -0.1) is 10.2 Å². The van der Waals surface area contributed by atoms with Crippen molar-refractivity contribution in [1.82, 2.24) is 15.2 Å². The second kappa shape index (κ2) is 7.35. The van der Waals surface area contributed by atoms with Crippen LogP contribution in [0.2, 0.25) is 0 Å². The van der Waals surface area contributed by atoms with E-state index in [0.717, 1.165) is 42.4 Å². The van der Waals surface area contributed by atoms with Gasteiger partial charge in [0, 0.05) is 44.8 Å². The zero-order chi connectivity index (χ0) is 18.7. The fourth-order valence-corrected chi connectivity index (χ4v) is 2.80. The van der Waals surface area contributed by atoms with Crippen LogP contribution in [-0.2, 0) is 11.2 Å². The third kappa shape index (κ3) is 3.88. The molecule has 2 aromatic heterocycles. The molecule has 0 amide bonds. The number of hydrogen-bond acceptors (Lipinski definition) is 6. The second-order valence-corrected chi connectivity index (χ2v) is 6.10. The molecule has 0 fully saturated rings. The molecular weight excluding hydrogens is 332 g/mol. The molecule has 1 aromatic carbocycles. The molecule has 7 heteroatoms. The minimum Gasteiger partial charge on any atom is -0.481 e. The molecule has 1 aliphatic heterocycles. The van der Waals surface area contributed by atoms with E-state index in [4.69, 9.17) is 14.3 Å². The van der Waals surface area contributed by atoms with Crippen LogP contribution in [0.25, 0.3) is 22.6 Å². The summed E-state index contributed by atoms with van der Waals surface area (Å²) in [6.07, 6.45) is 3.00. The van der Waals surface area contributed by atoms with Crippen molar-refractivity contribution in [3.05, 3.63) is 48.0 Å². The fraction of sp³-hybridized carbons (Fsp3) is 0.263. The van der Waals surface area contributed by atoms with Gasteiger partial charge in [0.25, 0.3) is 5.97 Å². The molecule has 0 spiro atoms. The lowest BCUT2D eigenvalue weighted by Gasteiger charge is -2.11. The summed E-state index contributed by atoms with van der Waals surface area (Å²) >= 11 is 0. The molecule has 0 bridgehead atoms. The van der Waals surface area contributed by atoms with Gasteiger partial charge in [0.1, 0.15) is 5.82 Å². The summed E-state index contributed by atoms with van der Waals surface area (Å²) in [5, 5.41) is 15.3. The highest BCUT2D eigenvalue weighted by atomic mass is 16.4. The SMILES string of the molecule is CC(=O)O.Cc1nnc(-c2ccc(-c3cnc4c(c3)CCN4C)cc2)o1. The zero-order valence-electron chi connectivity index (χ0n) is 14.9. The Morgan fingerprint density at radius 2 is 1.81 bits per heavy atom. The van der Waals surface area contributed by atoms with Gasteiger partial charge in [-0.25, -0.2) is 4.98 Å². The van der Waals surface area contributed by atoms with Gasteiger partial charge in [-0.05, 0) is 35.7 Å². The first-order valence-electron chi connectivity index (χ1n) is 8.24. The van der Waals surface area contributed by atoms with Crippen molar-refractivity contribution >= 4 is 11.8 Å². The summed E-state index contributed by atoms with van der Waals surface area (Å²) in [6, 6.07) is 10.4. The molecule has 26 heavy (non-hydrogen) atoms. The van der Waals surface area contributed by atoms with Gasteiger partial charge in [-0.2, -0.15) is 0 Å². The number of benzene rings is 1. The highest BCUT2D eigenvalue weighted by Crippen LogP contribution is 2.30. The van der Waals surface area contributed by atoms with Crippen molar-refractivity contribution in [3.63, 3.8) is 0 Å². The van der Waals surface area contributed by atoms with Gasteiger partial charge in [-0.1, -0.05) is 12.1 Å². The zero-order valence-corrected chi connectivity index (χ0v) is 14.9. The van der Waals surface area contributed by atoms with Crippen LogP contribution in [0.4, 0.5) is 5.82 Å². The number of carboxylic acids is 1. The van der Waals surface area contributed by atoms with Gasteiger partial charge in [-0.3, -0.25) is 4.79 Å². The number of rotatable bonds is 2. The van der Waals surface area contributed by atoms with E-state index < -0.39 is 5.97 Å². The van der Waals surface area contributed by atoms with E-state index in [-0.39, 0.29) is 0 Å².